The van der Waals surface area contributed by atoms with E-state index in [0.29, 0.717) is 20.6 Å². The van der Waals surface area contributed by atoms with Crippen LogP contribution in [-0.4, -0.2) is 6.36 Å². The lowest BCUT2D eigenvalue weighted by molar-refractivity contribution is -0.274. The van der Waals surface area contributed by atoms with Gasteiger partial charge in [-0.3, -0.25) is 5.84 Å². The van der Waals surface area contributed by atoms with Gasteiger partial charge in [-0.15, -0.1) is 13.2 Å². The van der Waals surface area contributed by atoms with Crippen molar-refractivity contribution in [1.29, 1.82) is 0 Å². The molecule has 0 atom stereocenters. The summed E-state index contributed by atoms with van der Waals surface area (Å²) in [7, 11) is 0. The van der Waals surface area contributed by atoms with E-state index in [1.807, 2.05) is 0 Å². The molecule has 0 aliphatic carbocycles. The van der Waals surface area contributed by atoms with E-state index in [2.05, 4.69) is 10.2 Å². The zero-order valence-electron chi connectivity index (χ0n) is 10.7. The number of nitrogen functional groups attached to an aromatic ring is 1. The van der Waals surface area contributed by atoms with Gasteiger partial charge in [0.2, 0.25) is 0 Å². The topological polar surface area (TPSA) is 47.3 Å². The van der Waals surface area contributed by atoms with E-state index in [1.54, 1.807) is 12.1 Å². The van der Waals surface area contributed by atoms with Gasteiger partial charge < -0.3 is 10.2 Å². The van der Waals surface area contributed by atoms with Gasteiger partial charge in [0.15, 0.2) is 0 Å². The maximum atomic E-state index is 12.1. The number of benzene rings is 2. The van der Waals surface area contributed by atoms with Crippen LogP contribution in [0.25, 0.3) is 0 Å². The van der Waals surface area contributed by atoms with Crippen molar-refractivity contribution < 1.29 is 17.9 Å². The highest BCUT2D eigenvalue weighted by Crippen LogP contribution is 2.38. The zero-order valence-corrected chi connectivity index (χ0v) is 13.1. The van der Waals surface area contributed by atoms with Crippen molar-refractivity contribution in [3.8, 4) is 5.75 Å². The van der Waals surface area contributed by atoms with Gasteiger partial charge in [0.25, 0.3) is 0 Å². The van der Waals surface area contributed by atoms with Crippen molar-refractivity contribution in [1.82, 2.24) is 0 Å². The van der Waals surface area contributed by atoms with Gasteiger partial charge >= 0.3 is 6.36 Å². The van der Waals surface area contributed by atoms with Gasteiger partial charge in [-0.05, 0) is 36.4 Å². The Hall–Kier alpha value is -1.28. The molecule has 0 radical (unpaired) electrons. The van der Waals surface area contributed by atoms with Crippen LogP contribution < -0.4 is 16.0 Å². The smallest absolute Gasteiger partial charge is 0.406 e. The Kier molecular flexibility index (Phi) is 5.33. The number of hydrogen-bond donors (Lipinski definition) is 2. The first kappa shape index (κ1) is 17.1. The van der Waals surface area contributed by atoms with Gasteiger partial charge in [-0.25, -0.2) is 0 Å². The molecule has 2 aromatic carbocycles. The van der Waals surface area contributed by atoms with Crippen molar-refractivity contribution in [3.63, 3.8) is 0 Å². The standard InChI is InChI=1S/C13H9Cl2F3N2OS/c14-10-5-9(6-11(15)12(10)20-19)22-8-3-1-7(2-4-8)21-13(16,17)18/h1-6,20H,19H2. The largest absolute Gasteiger partial charge is 0.573 e. The highest BCUT2D eigenvalue weighted by Gasteiger charge is 2.30. The molecule has 0 heterocycles. The highest BCUT2D eigenvalue weighted by atomic mass is 35.5. The Morgan fingerprint density at radius 1 is 1.00 bits per heavy atom. The predicted molar refractivity (Wildman–Crippen MR) is 81.5 cm³/mol. The molecule has 118 valence electrons. The van der Waals surface area contributed by atoms with Gasteiger partial charge in [-0.1, -0.05) is 35.0 Å². The molecule has 0 fully saturated rings. The maximum absolute atomic E-state index is 12.1. The normalized spacial score (nSPS) is 11.4. The van der Waals surface area contributed by atoms with Crippen LogP contribution in [0, 0.1) is 0 Å². The number of halogens is 5. The fraction of sp³-hybridized carbons (Fsp3) is 0.0769. The lowest BCUT2D eigenvalue weighted by atomic mass is 10.3. The molecule has 0 spiro atoms. The molecule has 0 aliphatic rings. The van der Waals surface area contributed by atoms with Crippen molar-refractivity contribution in [2.45, 2.75) is 16.2 Å². The molecule has 9 heteroatoms. The third kappa shape index (κ3) is 4.61. The first-order valence-corrected chi connectivity index (χ1v) is 7.35. The van der Waals surface area contributed by atoms with Crippen LogP contribution in [-0.2, 0) is 0 Å². The third-order valence-electron chi connectivity index (χ3n) is 2.45. The summed E-state index contributed by atoms with van der Waals surface area (Å²) >= 11 is 13.3. The molecule has 0 amide bonds. The summed E-state index contributed by atoms with van der Waals surface area (Å²) in [6, 6.07) is 8.76. The number of rotatable bonds is 4. The molecule has 22 heavy (non-hydrogen) atoms. The molecule has 0 aliphatic heterocycles. The van der Waals surface area contributed by atoms with Gasteiger partial charge in [0.1, 0.15) is 5.75 Å². The summed E-state index contributed by atoms with van der Waals surface area (Å²) in [6.07, 6.45) is -4.71. The molecule has 0 bridgehead atoms. The minimum absolute atomic E-state index is 0.282. The molecule has 0 saturated heterocycles. The second-order valence-electron chi connectivity index (χ2n) is 4.03. The minimum Gasteiger partial charge on any atom is -0.406 e. The summed E-state index contributed by atoms with van der Waals surface area (Å²) in [5, 5.41) is 0.684. The van der Waals surface area contributed by atoms with Crippen LogP contribution in [0.3, 0.4) is 0 Å². The fourth-order valence-corrected chi connectivity index (χ4v) is 3.22. The Labute approximate surface area is 138 Å². The SMILES string of the molecule is NNc1c(Cl)cc(Sc2ccc(OC(F)(F)F)cc2)cc1Cl. The molecule has 2 aromatic rings. The number of nitrogens with two attached hydrogens (primary N) is 1. The number of hydrazine groups is 1. The molecule has 3 nitrogen and oxygen atoms in total. The Balaban J connectivity index is 2.14. The zero-order chi connectivity index (χ0) is 16.3. The number of ether oxygens (including phenoxy) is 1. The Bertz CT molecular complexity index is 642. The van der Waals surface area contributed by atoms with Gasteiger partial charge in [0.05, 0.1) is 15.7 Å². The summed E-state index contributed by atoms with van der Waals surface area (Å²) in [4.78, 5) is 1.42. The van der Waals surface area contributed by atoms with Crippen molar-refractivity contribution in [3.05, 3.63) is 46.4 Å². The summed E-state index contributed by atoms with van der Waals surface area (Å²) in [5.41, 5.74) is 2.79. The highest BCUT2D eigenvalue weighted by molar-refractivity contribution is 7.99. The summed E-state index contributed by atoms with van der Waals surface area (Å²) in [6.45, 7) is 0. The van der Waals surface area contributed by atoms with E-state index in [-0.39, 0.29) is 5.75 Å². The number of nitrogens with one attached hydrogen (secondary N) is 1. The van der Waals surface area contributed by atoms with E-state index in [9.17, 15) is 13.2 Å². The van der Waals surface area contributed by atoms with E-state index < -0.39 is 6.36 Å². The molecule has 0 unspecified atom stereocenters. The van der Waals surface area contributed by atoms with Gasteiger partial charge in [0, 0.05) is 9.79 Å². The first-order chi connectivity index (χ1) is 10.3. The summed E-state index contributed by atoms with van der Waals surface area (Å²) in [5.74, 6) is 5.01. The molecule has 0 aromatic heterocycles. The van der Waals surface area contributed by atoms with Crippen LogP contribution in [0.2, 0.25) is 10.0 Å². The van der Waals surface area contributed by atoms with Crippen molar-refractivity contribution >= 4 is 40.7 Å². The molecule has 2 rings (SSSR count). The van der Waals surface area contributed by atoms with Gasteiger partial charge in [-0.2, -0.15) is 0 Å². The predicted octanol–water partition coefficient (Wildman–Crippen LogP) is 5.33. The number of hydrogen-bond acceptors (Lipinski definition) is 4. The average Bonchev–Trinajstić information content (AvgIpc) is 2.39. The fourth-order valence-electron chi connectivity index (χ4n) is 1.59. The van der Waals surface area contributed by atoms with Crippen molar-refractivity contribution in [2.75, 3.05) is 5.43 Å². The third-order valence-corrected chi connectivity index (χ3v) is 4.03. The van der Waals surface area contributed by atoms with E-state index in [0.717, 1.165) is 4.90 Å². The van der Waals surface area contributed by atoms with E-state index in [4.69, 9.17) is 29.0 Å². The minimum atomic E-state index is -4.71. The monoisotopic (exact) mass is 368 g/mol. The van der Waals surface area contributed by atoms with Crippen LogP contribution in [0.4, 0.5) is 18.9 Å². The average molecular weight is 369 g/mol. The van der Waals surface area contributed by atoms with Crippen LogP contribution in [0.5, 0.6) is 5.75 Å². The second kappa shape index (κ2) is 6.87. The van der Waals surface area contributed by atoms with Crippen molar-refractivity contribution in [2.24, 2.45) is 5.84 Å². The first-order valence-electron chi connectivity index (χ1n) is 5.78. The number of alkyl halides is 3. The molecular weight excluding hydrogens is 360 g/mol. The maximum Gasteiger partial charge on any atom is 0.573 e. The molecule has 3 N–H and O–H groups in total. The van der Waals surface area contributed by atoms with Crippen LogP contribution in [0.1, 0.15) is 0 Å². The van der Waals surface area contributed by atoms with E-state index >= 15 is 0 Å². The Morgan fingerprint density at radius 3 is 2.00 bits per heavy atom. The molecular formula is C13H9Cl2F3N2OS. The Morgan fingerprint density at radius 2 is 1.55 bits per heavy atom. The number of anilines is 1. The van der Waals surface area contributed by atoms with E-state index in [1.165, 1.54) is 36.0 Å². The quantitative estimate of drug-likeness (QED) is 0.565. The van der Waals surface area contributed by atoms with Crippen LogP contribution in [0.15, 0.2) is 46.2 Å². The molecule has 0 saturated carbocycles. The lowest BCUT2D eigenvalue weighted by Crippen LogP contribution is -2.16. The summed E-state index contributed by atoms with van der Waals surface area (Å²) < 4.78 is 40.0. The van der Waals surface area contributed by atoms with Crippen LogP contribution >= 0.6 is 35.0 Å². The second-order valence-corrected chi connectivity index (χ2v) is 5.99. The lowest BCUT2D eigenvalue weighted by Gasteiger charge is -2.10.